The number of para-hydroxylation sites is 1. The Kier molecular flexibility index (Phi) is 6.69. The van der Waals surface area contributed by atoms with Crippen molar-refractivity contribution in [1.29, 1.82) is 0 Å². The molecule has 0 saturated carbocycles. The Morgan fingerprint density at radius 2 is 1.87 bits per heavy atom. The van der Waals surface area contributed by atoms with E-state index in [1.807, 2.05) is 52.0 Å². The first-order valence-corrected chi connectivity index (χ1v) is 9.91. The predicted molar refractivity (Wildman–Crippen MR) is 115 cm³/mol. The summed E-state index contributed by atoms with van der Waals surface area (Å²) in [6.45, 7) is 7.65. The minimum absolute atomic E-state index is 0.149. The minimum atomic E-state index is -0.568. The molecule has 3 rings (SSSR count). The van der Waals surface area contributed by atoms with Crippen LogP contribution in [0.3, 0.4) is 0 Å². The molecule has 0 spiro atoms. The van der Waals surface area contributed by atoms with E-state index in [9.17, 15) is 9.59 Å². The lowest BCUT2D eigenvalue weighted by molar-refractivity contribution is -0.123. The van der Waals surface area contributed by atoms with Gasteiger partial charge in [-0.15, -0.1) is 0 Å². The normalized spacial score (nSPS) is 11.1. The first-order valence-electron chi connectivity index (χ1n) is 9.91. The fourth-order valence-electron chi connectivity index (χ4n) is 2.61. The number of ether oxygens (including phenoxy) is 2. The smallest absolute Gasteiger partial charge is 0.338 e. The quantitative estimate of drug-likeness (QED) is 0.559. The van der Waals surface area contributed by atoms with Gasteiger partial charge in [-0.25, -0.2) is 4.79 Å². The minimum Gasteiger partial charge on any atom is -0.493 e. The Bertz CT molecular complexity index is 1070. The third-order valence-electron chi connectivity index (χ3n) is 4.26. The van der Waals surface area contributed by atoms with Crippen molar-refractivity contribution in [2.75, 3.05) is 11.9 Å². The molecule has 1 amide bonds. The van der Waals surface area contributed by atoms with Crippen LogP contribution in [-0.4, -0.2) is 28.6 Å². The van der Waals surface area contributed by atoms with E-state index in [4.69, 9.17) is 14.0 Å². The number of aromatic nitrogens is 2. The molecule has 0 bridgehead atoms. The maximum absolute atomic E-state index is 12.4. The van der Waals surface area contributed by atoms with Gasteiger partial charge in [-0.3, -0.25) is 4.79 Å². The van der Waals surface area contributed by atoms with Gasteiger partial charge in [-0.1, -0.05) is 44.1 Å². The number of esters is 1. The molecule has 3 aromatic rings. The molecule has 1 N–H and O–H groups in total. The largest absolute Gasteiger partial charge is 0.493 e. The molecule has 0 aliphatic rings. The molecule has 1 aromatic heterocycles. The van der Waals surface area contributed by atoms with Crippen molar-refractivity contribution in [3.63, 3.8) is 0 Å². The van der Waals surface area contributed by atoms with Crippen LogP contribution in [0.25, 0.3) is 11.4 Å². The molecule has 0 unspecified atom stereocenters. The molecular weight excluding hydrogens is 398 g/mol. The summed E-state index contributed by atoms with van der Waals surface area (Å²) in [6, 6.07) is 13.9. The lowest BCUT2D eigenvalue weighted by Gasteiger charge is -2.17. The van der Waals surface area contributed by atoms with E-state index in [2.05, 4.69) is 15.5 Å². The van der Waals surface area contributed by atoms with E-state index in [1.165, 1.54) is 0 Å². The van der Waals surface area contributed by atoms with E-state index >= 15 is 0 Å². The second kappa shape index (κ2) is 9.42. The number of nitrogens with one attached hydrogen (secondary N) is 1. The summed E-state index contributed by atoms with van der Waals surface area (Å²) in [4.78, 5) is 28.9. The van der Waals surface area contributed by atoms with Gasteiger partial charge in [-0.2, -0.15) is 4.98 Å². The number of benzene rings is 2. The molecule has 2 aromatic carbocycles. The molecule has 1 heterocycles. The first kappa shape index (κ1) is 22.0. The van der Waals surface area contributed by atoms with Crippen molar-refractivity contribution in [3.05, 3.63) is 60.0 Å². The number of hydrogen-bond donors (Lipinski definition) is 1. The molecule has 0 fully saturated rings. The third-order valence-corrected chi connectivity index (χ3v) is 4.26. The maximum Gasteiger partial charge on any atom is 0.338 e. The Morgan fingerprint density at radius 1 is 1.10 bits per heavy atom. The van der Waals surface area contributed by atoms with E-state index in [1.54, 1.807) is 24.3 Å². The average molecular weight is 423 g/mol. The van der Waals surface area contributed by atoms with Crippen LogP contribution < -0.4 is 10.1 Å². The maximum atomic E-state index is 12.4. The van der Waals surface area contributed by atoms with E-state index in [0.29, 0.717) is 35.0 Å². The van der Waals surface area contributed by atoms with Gasteiger partial charge >= 0.3 is 5.97 Å². The number of anilines is 1. The number of amides is 1. The van der Waals surface area contributed by atoms with Crippen LogP contribution >= 0.6 is 0 Å². The zero-order valence-corrected chi connectivity index (χ0v) is 18.0. The van der Waals surface area contributed by atoms with Gasteiger partial charge in [0.1, 0.15) is 5.75 Å². The molecule has 8 heteroatoms. The van der Waals surface area contributed by atoms with Crippen LogP contribution in [-0.2, 0) is 16.1 Å². The van der Waals surface area contributed by atoms with Crippen LogP contribution in [0.15, 0.2) is 53.1 Å². The van der Waals surface area contributed by atoms with E-state index < -0.39 is 11.4 Å². The van der Waals surface area contributed by atoms with Gasteiger partial charge in [0, 0.05) is 11.1 Å². The molecule has 0 radical (unpaired) electrons. The fourth-order valence-corrected chi connectivity index (χ4v) is 2.61. The number of carbonyl (C=O) groups excluding carboxylic acids is 2. The lowest BCUT2D eigenvalue weighted by Crippen LogP contribution is -2.27. The van der Waals surface area contributed by atoms with Gasteiger partial charge in [-0.05, 0) is 37.3 Å². The predicted octanol–water partition coefficient (Wildman–Crippen LogP) is 4.48. The van der Waals surface area contributed by atoms with Gasteiger partial charge in [0.15, 0.2) is 6.61 Å². The second-order valence-corrected chi connectivity index (χ2v) is 7.80. The molecule has 0 aliphatic heterocycles. The summed E-state index contributed by atoms with van der Waals surface area (Å²) in [5, 5.41) is 6.73. The van der Waals surface area contributed by atoms with Gasteiger partial charge in [0.05, 0.1) is 17.7 Å². The number of hydrogen-bond acceptors (Lipinski definition) is 7. The lowest BCUT2D eigenvalue weighted by atomic mass is 9.95. The number of nitrogens with zero attached hydrogens (tertiary/aromatic N) is 2. The molecule has 0 saturated heterocycles. The van der Waals surface area contributed by atoms with E-state index in [-0.39, 0.29) is 18.4 Å². The van der Waals surface area contributed by atoms with Crippen molar-refractivity contribution in [3.8, 4) is 17.1 Å². The highest BCUT2D eigenvalue weighted by Gasteiger charge is 2.21. The SMILES string of the molecule is CCOc1ccccc1-c1noc(COC(=O)c2cccc(NC(=O)C(C)(C)C)c2)n1. The summed E-state index contributed by atoms with van der Waals surface area (Å²) in [5.74, 6) is 0.433. The highest BCUT2D eigenvalue weighted by Crippen LogP contribution is 2.27. The van der Waals surface area contributed by atoms with Crippen LogP contribution in [0.5, 0.6) is 5.75 Å². The zero-order chi connectivity index (χ0) is 22.4. The zero-order valence-electron chi connectivity index (χ0n) is 18.0. The average Bonchev–Trinajstić information content (AvgIpc) is 3.21. The molecule has 8 nitrogen and oxygen atoms in total. The number of carbonyl (C=O) groups is 2. The molecular formula is C23H25N3O5. The Labute approximate surface area is 180 Å². The second-order valence-electron chi connectivity index (χ2n) is 7.80. The molecule has 0 aliphatic carbocycles. The van der Waals surface area contributed by atoms with Crippen LogP contribution in [0, 0.1) is 5.41 Å². The van der Waals surface area contributed by atoms with Crippen molar-refractivity contribution in [1.82, 2.24) is 10.1 Å². The van der Waals surface area contributed by atoms with Gasteiger partial charge in [0.25, 0.3) is 5.89 Å². The third kappa shape index (κ3) is 5.69. The Morgan fingerprint density at radius 3 is 2.61 bits per heavy atom. The fraction of sp³-hybridized carbons (Fsp3) is 0.304. The summed E-state index contributed by atoms with van der Waals surface area (Å²) in [5.41, 5.74) is 0.954. The van der Waals surface area contributed by atoms with Crippen molar-refractivity contribution in [2.24, 2.45) is 5.41 Å². The van der Waals surface area contributed by atoms with Crippen molar-refractivity contribution < 1.29 is 23.6 Å². The van der Waals surface area contributed by atoms with Gasteiger partial charge in [0.2, 0.25) is 11.7 Å². The molecule has 162 valence electrons. The van der Waals surface area contributed by atoms with Crippen LogP contribution in [0.1, 0.15) is 43.9 Å². The monoisotopic (exact) mass is 423 g/mol. The first-order chi connectivity index (χ1) is 14.8. The molecule has 0 atom stereocenters. The van der Waals surface area contributed by atoms with Crippen LogP contribution in [0.2, 0.25) is 0 Å². The van der Waals surface area contributed by atoms with Crippen molar-refractivity contribution in [2.45, 2.75) is 34.3 Å². The van der Waals surface area contributed by atoms with Crippen LogP contribution in [0.4, 0.5) is 5.69 Å². The Balaban J connectivity index is 1.65. The number of rotatable bonds is 7. The molecule has 31 heavy (non-hydrogen) atoms. The summed E-state index contributed by atoms with van der Waals surface area (Å²) >= 11 is 0. The highest BCUT2D eigenvalue weighted by molar-refractivity contribution is 5.96. The summed E-state index contributed by atoms with van der Waals surface area (Å²) < 4.78 is 16.1. The Hall–Kier alpha value is -3.68. The van der Waals surface area contributed by atoms with E-state index in [0.717, 1.165) is 0 Å². The topological polar surface area (TPSA) is 104 Å². The van der Waals surface area contributed by atoms with Gasteiger partial charge < -0.3 is 19.3 Å². The highest BCUT2D eigenvalue weighted by atomic mass is 16.6. The summed E-state index contributed by atoms with van der Waals surface area (Å²) in [6.07, 6.45) is 0. The van der Waals surface area contributed by atoms with Crippen molar-refractivity contribution >= 4 is 17.6 Å². The summed E-state index contributed by atoms with van der Waals surface area (Å²) in [7, 11) is 0. The standard InChI is InChI=1S/C23H25N3O5/c1-5-29-18-12-7-6-11-17(18)20-25-19(31-26-20)14-30-21(27)15-9-8-10-16(13-15)24-22(28)23(2,3)4/h6-13H,5,14H2,1-4H3,(H,24,28).